The van der Waals surface area contributed by atoms with Crippen molar-refractivity contribution < 1.29 is 22.6 Å². The summed E-state index contributed by atoms with van der Waals surface area (Å²) < 4.78 is 45.6. The predicted octanol–water partition coefficient (Wildman–Crippen LogP) is 6.30. The minimum absolute atomic E-state index is 0.197. The van der Waals surface area contributed by atoms with Gasteiger partial charge in [0.15, 0.2) is 5.65 Å². The number of benzene rings is 1. The van der Waals surface area contributed by atoms with E-state index in [4.69, 9.17) is 31.5 Å². The molecule has 6 rings (SSSR count). The van der Waals surface area contributed by atoms with Crippen LogP contribution >= 0.6 is 22.9 Å². The molecule has 1 fully saturated rings. The number of halogens is 1. The molecular weight excluding hydrogens is 596 g/mol. The molecule has 1 atom stereocenters. The molecule has 42 heavy (non-hydrogen) atoms. The number of hydrogen-bond donors (Lipinski definition) is 1. The Kier molecular flexibility index (Phi) is 7.43. The summed E-state index contributed by atoms with van der Waals surface area (Å²) in [5.41, 5.74) is 8.23. The van der Waals surface area contributed by atoms with Gasteiger partial charge in [-0.15, -0.1) is 11.3 Å². The van der Waals surface area contributed by atoms with Crippen LogP contribution in [0.5, 0.6) is 5.75 Å². The van der Waals surface area contributed by atoms with E-state index < -0.39 is 20.4 Å². The molecule has 0 saturated heterocycles. The molecule has 220 valence electrons. The van der Waals surface area contributed by atoms with Crippen LogP contribution in [0.15, 0.2) is 66.0 Å². The molecule has 3 heterocycles. The number of nitrogens with zero attached hydrogens (tertiary/aromatic N) is 3. The average molecular weight is 627 g/mol. The van der Waals surface area contributed by atoms with E-state index in [1.54, 1.807) is 56.8 Å². The summed E-state index contributed by atoms with van der Waals surface area (Å²) in [7, 11) is -0.961. The highest BCUT2D eigenvalue weighted by atomic mass is 35.5. The van der Waals surface area contributed by atoms with Crippen molar-refractivity contribution in [2.24, 2.45) is 0 Å². The lowest BCUT2D eigenvalue weighted by Gasteiger charge is -2.39. The summed E-state index contributed by atoms with van der Waals surface area (Å²) in [6.45, 7) is 1.88. The second kappa shape index (κ2) is 10.8. The zero-order valence-corrected chi connectivity index (χ0v) is 25.9. The van der Waals surface area contributed by atoms with Crippen LogP contribution in [-0.2, 0) is 25.1 Å². The van der Waals surface area contributed by atoms with Gasteiger partial charge in [-0.25, -0.2) is 22.4 Å². The van der Waals surface area contributed by atoms with Crippen molar-refractivity contribution in [1.82, 2.24) is 13.9 Å². The Morgan fingerprint density at radius 2 is 1.98 bits per heavy atom. The van der Waals surface area contributed by atoms with E-state index in [1.165, 1.54) is 22.4 Å². The van der Waals surface area contributed by atoms with Gasteiger partial charge in [0.1, 0.15) is 27.9 Å². The highest BCUT2D eigenvalue weighted by Crippen LogP contribution is 2.48. The molecule has 0 spiro atoms. The number of aromatic nitrogens is 3. The van der Waals surface area contributed by atoms with Crippen LogP contribution < -0.4 is 10.5 Å². The van der Waals surface area contributed by atoms with Crippen molar-refractivity contribution in [3.63, 3.8) is 0 Å². The van der Waals surface area contributed by atoms with Crippen molar-refractivity contribution in [3.8, 4) is 17.0 Å². The first-order valence-electron chi connectivity index (χ1n) is 13.5. The Morgan fingerprint density at radius 3 is 2.67 bits per heavy atom. The summed E-state index contributed by atoms with van der Waals surface area (Å²) in [6, 6.07) is 10.6. The third-order valence-corrected chi connectivity index (χ3v) is 11.9. The molecule has 4 aromatic rings. The molecule has 3 aromatic heterocycles. The molecular formula is C30H31ClN4O5S2. The number of ether oxygens (including phenoxy) is 3. The predicted molar refractivity (Wildman–Crippen MR) is 166 cm³/mol. The van der Waals surface area contributed by atoms with Gasteiger partial charge in [-0.1, -0.05) is 23.7 Å². The maximum Gasteiger partial charge on any atom is 0.250 e. The third-order valence-electron chi connectivity index (χ3n) is 8.06. The number of methoxy groups -OCH3 is 2. The zero-order valence-electron chi connectivity index (χ0n) is 23.5. The number of pyridine rings is 1. The lowest BCUT2D eigenvalue weighted by atomic mass is 9.80. The van der Waals surface area contributed by atoms with Gasteiger partial charge in [0.05, 0.1) is 23.4 Å². The number of nitrogens with two attached hydrogens (primary N) is 1. The molecule has 0 amide bonds. The van der Waals surface area contributed by atoms with Gasteiger partial charge in [0.2, 0.25) is 10.0 Å². The number of hydrogen-bond acceptors (Lipinski definition) is 9. The lowest BCUT2D eigenvalue weighted by Crippen LogP contribution is -2.39. The van der Waals surface area contributed by atoms with Gasteiger partial charge in [-0.05, 0) is 69.0 Å². The number of anilines is 1. The fraction of sp³-hybridized carbons (Fsp3) is 0.333. The fourth-order valence-corrected chi connectivity index (χ4v) is 8.93. The third kappa shape index (κ3) is 4.64. The molecule has 0 aliphatic heterocycles. The molecule has 2 aliphatic carbocycles. The molecule has 0 radical (unpaired) electrons. The molecule has 1 aromatic carbocycles. The van der Waals surface area contributed by atoms with E-state index in [0.717, 1.165) is 34.7 Å². The lowest BCUT2D eigenvalue weighted by molar-refractivity contribution is -0.171. The van der Waals surface area contributed by atoms with Crippen molar-refractivity contribution in [1.29, 1.82) is 0 Å². The molecule has 2 N–H and O–H groups in total. The van der Waals surface area contributed by atoms with Crippen LogP contribution in [0.2, 0.25) is 0 Å². The van der Waals surface area contributed by atoms with Crippen molar-refractivity contribution >= 4 is 55.3 Å². The van der Waals surface area contributed by atoms with Gasteiger partial charge in [0, 0.05) is 41.1 Å². The van der Waals surface area contributed by atoms with E-state index in [0.29, 0.717) is 38.8 Å². The summed E-state index contributed by atoms with van der Waals surface area (Å²) in [5.74, 6) is 0.453. The largest absolute Gasteiger partial charge is 0.495 e. The second-order valence-corrected chi connectivity index (χ2v) is 14.4. The van der Waals surface area contributed by atoms with Gasteiger partial charge in [-0.3, -0.25) is 0 Å². The first-order valence-corrected chi connectivity index (χ1v) is 16.1. The SMILES string of the molecule is COCOC1(c2ncc(C3=CCC(C)(S(=O)(=O)n4c(-c5ccc(N)c(OC)c5)cc5cccnc54)C=C3Cl)s2)CCC1. The second-order valence-electron chi connectivity index (χ2n) is 10.7. The standard InChI is InChI=1S/C30H31ClN4O5S2/c1-29(12-9-21(22(31)16-29)26-17-34-28(41-26)30(10-5-11-30)40-18-38-2)42(36,37)35-24(14-20-6-4-13-33-27(20)35)19-7-8-23(32)25(15-19)39-3/h4,6-9,13-17H,5,10-12,18,32H2,1-3H3. The first-order chi connectivity index (χ1) is 20.1. The zero-order chi connectivity index (χ0) is 29.7. The smallest absolute Gasteiger partial charge is 0.250 e. The highest BCUT2D eigenvalue weighted by Gasteiger charge is 2.45. The Balaban J connectivity index is 1.38. The van der Waals surface area contributed by atoms with Crippen molar-refractivity contribution in [2.45, 2.75) is 43.0 Å². The van der Waals surface area contributed by atoms with Gasteiger partial charge < -0.3 is 19.9 Å². The van der Waals surface area contributed by atoms with Crippen LogP contribution in [0.1, 0.15) is 42.5 Å². The van der Waals surface area contributed by atoms with Crippen molar-refractivity contribution in [2.75, 3.05) is 26.7 Å². The number of nitrogen functional groups attached to an aromatic ring is 1. The number of fused-ring (bicyclic) bond motifs is 1. The summed E-state index contributed by atoms with van der Waals surface area (Å²) in [4.78, 5) is 9.97. The fourth-order valence-electron chi connectivity index (χ4n) is 5.44. The van der Waals surface area contributed by atoms with Crippen LogP contribution in [0.3, 0.4) is 0 Å². The quantitative estimate of drug-likeness (QED) is 0.170. The minimum atomic E-state index is -4.08. The summed E-state index contributed by atoms with van der Waals surface area (Å²) >= 11 is 8.37. The molecule has 1 unspecified atom stereocenters. The topological polar surface area (TPSA) is 119 Å². The van der Waals surface area contributed by atoms with E-state index in [-0.39, 0.29) is 13.2 Å². The number of allylic oxidation sites excluding steroid dienone is 3. The Bertz CT molecular complexity index is 1840. The Labute approximate surface area is 253 Å². The normalized spacial score (nSPS) is 20.2. The molecule has 0 bridgehead atoms. The monoisotopic (exact) mass is 626 g/mol. The van der Waals surface area contributed by atoms with Gasteiger partial charge >= 0.3 is 0 Å². The maximum atomic E-state index is 14.6. The Hall–Kier alpha value is -3.22. The van der Waals surface area contributed by atoms with Gasteiger partial charge in [0.25, 0.3) is 0 Å². The number of rotatable bonds is 9. The van der Waals surface area contributed by atoms with E-state index in [9.17, 15) is 8.42 Å². The van der Waals surface area contributed by atoms with Crippen LogP contribution in [0.4, 0.5) is 5.69 Å². The van der Waals surface area contributed by atoms with Crippen LogP contribution in [0, 0.1) is 0 Å². The minimum Gasteiger partial charge on any atom is -0.495 e. The molecule has 1 saturated carbocycles. The maximum absolute atomic E-state index is 14.6. The molecule has 2 aliphatic rings. The van der Waals surface area contributed by atoms with Crippen LogP contribution in [-0.4, -0.2) is 48.1 Å². The molecule has 12 heteroatoms. The van der Waals surface area contributed by atoms with Crippen molar-refractivity contribution in [3.05, 3.63) is 75.9 Å². The first kappa shape index (κ1) is 28.9. The average Bonchev–Trinajstić information content (AvgIpc) is 3.59. The Morgan fingerprint density at radius 1 is 1.17 bits per heavy atom. The highest BCUT2D eigenvalue weighted by molar-refractivity contribution is 7.91. The van der Waals surface area contributed by atoms with E-state index >= 15 is 0 Å². The van der Waals surface area contributed by atoms with E-state index in [1.807, 2.05) is 18.2 Å². The number of thiazole rings is 1. The van der Waals surface area contributed by atoms with Crippen LogP contribution in [0.25, 0.3) is 27.9 Å². The summed E-state index contributed by atoms with van der Waals surface area (Å²) in [5, 5.41) is 1.92. The molecule has 9 nitrogen and oxygen atoms in total. The summed E-state index contributed by atoms with van der Waals surface area (Å²) in [6.07, 6.45) is 9.89. The van der Waals surface area contributed by atoms with E-state index in [2.05, 4.69) is 9.97 Å². The van der Waals surface area contributed by atoms with Gasteiger partial charge in [-0.2, -0.15) is 0 Å².